The number of carbonyl (C=O) groups is 1. The van der Waals surface area contributed by atoms with Gasteiger partial charge in [-0.15, -0.1) is 0 Å². The lowest BCUT2D eigenvalue weighted by Gasteiger charge is -2.04. The van der Waals surface area contributed by atoms with E-state index in [-0.39, 0.29) is 5.69 Å². The zero-order chi connectivity index (χ0) is 12.3. The van der Waals surface area contributed by atoms with Crippen molar-refractivity contribution < 1.29 is 17.8 Å². The second-order valence-electron chi connectivity index (χ2n) is 2.93. The zero-order valence-electron chi connectivity index (χ0n) is 7.78. The van der Waals surface area contributed by atoms with E-state index >= 15 is 0 Å². The minimum atomic E-state index is -4.34. The lowest BCUT2D eigenvalue weighted by Crippen LogP contribution is -2.22. The molecule has 2 N–H and O–H groups in total. The summed E-state index contributed by atoms with van der Waals surface area (Å²) in [6, 6.07) is 4.26. The van der Waals surface area contributed by atoms with E-state index in [1.807, 2.05) is 0 Å². The number of halogens is 2. The molecule has 0 fully saturated rings. The molecule has 5 nitrogen and oxygen atoms in total. The van der Waals surface area contributed by atoms with Gasteiger partial charge in [-0.25, -0.2) is 0 Å². The lowest BCUT2D eigenvalue weighted by molar-refractivity contribution is -0.113. The van der Waals surface area contributed by atoms with Crippen LogP contribution in [0.4, 0.5) is 5.69 Å². The van der Waals surface area contributed by atoms with Crippen LogP contribution in [-0.2, 0) is 14.9 Å². The molecule has 0 aliphatic heterocycles. The second-order valence-corrected chi connectivity index (χ2v) is 5.26. The fourth-order valence-corrected chi connectivity index (χ4v) is 1.92. The van der Waals surface area contributed by atoms with Crippen molar-refractivity contribution in [2.45, 2.75) is 0 Å². The lowest BCUT2D eigenvalue weighted by atomic mass is 10.3. The van der Waals surface area contributed by atoms with Gasteiger partial charge in [-0.1, -0.05) is 23.2 Å². The fourth-order valence-electron chi connectivity index (χ4n) is 0.989. The van der Waals surface area contributed by atoms with E-state index in [1.54, 1.807) is 0 Å². The van der Waals surface area contributed by atoms with Crippen LogP contribution in [0, 0.1) is 0 Å². The van der Waals surface area contributed by atoms with Gasteiger partial charge in [0.05, 0.1) is 0 Å². The predicted octanol–water partition coefficient (Wildman–Crippen LogP) is 1.82. The minimum absolute atomic E-state index is 0.256. The Morgan fingerprint density at radius 1 is 1.25 bits per heavy atom. The molecular formula is C8H7Cl2NO4S. The fraction of sp³-hybridized carbons (Fsp3) is 0.125. The summed E-state index contributed by atoms with van der Waals surface area (Å²) in [5.74, 6) is -1.89. The molecule has 0 atom stereocenters. The number of hydrogen-bond acceptors (Lipinski definition) is 3. The Morgan fingerprint density at radius 3 is 2.19 bits per heavy atom. The van der Waals surface area contributed by atoms with E-state index in [0.717, 1.165) is 0 Å². The summed E-state index contributed by atoms with van der Waals surface area (Å²) in [7, 11) is -4.34. The maximum atomic E-state index is 11.1. The molecule has 16 heavy (non-hydrogen) atoms. The second kappa shape index (κ2) is 5.01. The molecule has 0 radical (unpaired) electrons. The first-order valence-corrected chi connectivity index (χ1v) is 6.34. The van der Waals surface area contributed by atoms with Gasteiger partial charge < -0.3 is 5.32 Å². The average molecular weight is 284 g/mol. The number of nitrogens with one attached hydrogen (secondary N) is 1. The maximum absolute atomic E-state index is 11.1. The third-order valence-corrected chi connectivity index (χ3v) is 2.52. The Morgan fingerprint density at radius 2 is 1.75 bits per heavy atom. The SMILES string of the molecule is O=C(CS(=O)(=O)O)Nc1cc(Cl)cc(Cl)c1. The van der Waals surface area contributed by atoms with Crippen molar-refractivity contribution in [1.82, 2.24) is 0 Å². The molecule has 1 amide bonds. The van der Waals surface area contributed by atoms with Gasteiger partial charge >= 0.3 is 0 Å². The molecule has 0 bridgehead atoms. The number of amides is 1. The summed E-state index contributed by atoms with van der Waals surface area (Å²) in [6.45, 7) is 0. The van der Waals surface area contributed by atoms with Gasteiger partial charge in [-0.2, -0.15) is 8.42 Å². The highest BCUT2D eigenvalue weighted by molar-refractivity contribution is 7.86. The van der Waals surface area contributed by atoms with Crippen LogP contribution in [0.15, 0.2) is 18.2 Å². The smallest absolute Gasteiger partial charge is 0.274 e. The number of rotatable bonds is 3. The van der Waals surface area contributed by atoms with E-state index < -0.39 is 21.8 Å². The van der Waals surface area contributed by atoms with Gasteiger partial charge in [-0.05, 0) is 18.2 Å². The first kappa shape index (κ1) is 13.2. The minimum Gasteiger partial charge on any atom is -0.325 e. The zero-order valence-corrected chi connectivity index (χ0v) is 10.1. The van der Waals surface area contributed by atoms with Crippen LogP contribution >= 0.6 is 23.2 Å². The highest BCUT2D eigenvalue weighted by atomic mass is 35.5. The molecule has 1 rings (SSSR count). The molecule has 0 unspecified atom stereocenters. The molecular weight excluding hydrogens is 277 g/mol. The summed E-state index contributed by atoms with van der Waals surface area (Å²) in [6.07, 6.45) is 0. The largest absolute Gasteiger partial charge is 0.325 e. The molecule has 0 aliphatic carbocycles. The van der Waals surface area contributed by atoms with Crippen LogP contribution in [0.1, 0.15) is 0 Å². The van der Waals surface area contributed by atoms with Gasteiger partial charge in [-0.3, -0.25) is 9.35 Å². The van der Waals surface area contributed by atoms with Crippen LogP contribution in [0.3, 0.4) is 0 Å². The Hall–Kier alpha value is -0.820. The van der Waals surface area contributed by atoms with Crippen molar-refractivity contribution in [1.29, 1.82) is 0 Å². The first-order chi connectivity index (χ1) is 7.26. The Kier molecular flexibility index (Phi) is 4.15. The molecule has 0 aromatic heterocycles. The van der Waals surface area contributed by atoms with Crippen molar-refractivity contribution >= 4 is 44.9 Å². The quantitative estimate of drug-likeness (QED) is 0.829. The molecule has 8 heteroatoms. The van der Waals surface area contributed by atoms with Crippen LogP contribution in [0.2, 0.25) is 10.0 Å². The van der Waals surface area contributed by atoms with E-state index in [1.165, 1.54) is 18.2 Å². The van der Waals surface area contributed by atoms with E-state index in [4.69, 9.17) is 27.8 Å². The molecule has 0 saturated carbocycles. The summed E-state index contributed by atoms with van der Waals surface area (Å²) < 4.78 is 29.3. The normalized spacial score (nSPS) is 11.2. The number of hydrogen-bond donors (Lipinski definition) is 2. The summed E-state index contributed by atoms with van der Waals surface area (Å²) >= 11 is 11.3. The Balaban J connectivity index is 2.77. The predicted molar refractivity (Wildman–Crippen MR) is 61.5 cm³/mol. The van der Waals surface area contributed by atoms with Crippen molar-refractivity contribution in [2.24, 2.45) is 0 Å². The molecule has 0 saturated heterocycles. The summed E-state index contributed by atoms with van der Waals surface area (Å²) in [4.78, 5) is 11.1. The number of carbonyl (C=O) groups excluding carboxylic acids is 1. The molecule has 1 aromatic carbocycles. The van der Waals surface area contributed by atoms with Crippen LogP contribution in [0.25, 0.3) is 0 Å². The summed E-state index contributed by atoms with van der Waals surface area (Å²) in [5, 5.41) is 2.83. The number of anilines is 1. The molecule has 88 valence electrons. The van der Waals surface area contributed by atoms with Gasteiger partial charge in [0.2, 0.25) is 5.91 Å². The Labute approximate surface area is 102 Å². The van der Waals surface area contributed by atoms with Crippen molar-refractivity contribution in [3.05, 3.63) is 28.2 Å². The topological polar surface area (TPSA) is 83.5 Å². The van der Waals surface area contributed by atoms with E-state index in [0.29, 0.717) is 10.0 Å². The highest BCUT2D eigenvalue weighted by Crippen LogP contribution is 2.22. The van der Waals surface area contributed by atoms with Crippen LogP contribution in [-0.4, -0.2) is 24.6 Å². The monoisotopic (exact) mass is 283 g/mol. The van der Waals surface area contributed by atoms with Crippen molar-refractivity contribution in [3.63, 3.8) is 0 Å². The maximum Gasteiger partial charge on any atom is 0.274 e. The molecule has 0 spiro atoms. The first-order valence-electron chi connectivity index (χ1n) is 3.97. The third kappa shape index (κ3) is 4.80. The standard InChI is InChI=1S/C8H7Cl2NO4S/c9-5-1-6(10)3-7(2-5)11-8(12)4-16(13,14)15/h1-3H,4H2,(H,11,12)(H,13,14,15). The molecule has 1 aromatic rings. The van der Waals surface area contributed by atoms with Crippen molar-refractivity contribution in [2.75, 3.05) is 11.1 Å². The van der Waals surface area contributed by atoms with E-state index in [2.05, 4.69) is 5.32 Å². The summed E-state index contributed by atoms with van der Waals surface area (Å²) in [5.41, 5.74) is 0.256. The number of benzene rings is 1. The average Bonchev–Trinajstić information content (AvgIpc) is 1.96. The van der Waals surface area contributed by atoms with Gasteiger partial charge in [0, 0.05) is 15.7 Å². The van der Waals surface area contributed by atoms with Crippen LogP contribution in [0.5, 0.6) is 0 Å². The van der Waals surface area contributed by atoms with Gasteiger partial charge in [0.1, 0.15) is 0 Å². The molecule has 0 heterocycles. The van der Waals surface area contributed by atoms with Gasteiger partial charge in [0.15, 0.2) is 5.75 Å². The third-order valence-electron chi connectivity index (χ3n) is 1.46. The van der Waals surface area contributed by atoms with Crippen molar-refractivity contribution in [3.8, 4) is 0 Å². The highest BCUT2D eigenvalue weighted by Gasteiger charge is 2.13. The Bertz CT molecular complexity index is 495. The van der Waals surface area contributed by atoms with Crippen LogP contribution < -0.4 is 5.32 Å². The van der Waals surface area contributed by atoms with Gasteiger partial charge in [0.25, 0.3) is 10.1 Å². The molecule has 0 aliphatic rings. The van der Waals surface area contributed by atoms with E-state index in [9.17, 15) is 13.2 Å².